The average molecular weight is 382 g/mol. The van der Waals surface area contributed by atoms with E-state index in [2.05, 4.69) is 10.3 Å². The van der Waals surface area contributed by atoms with Gasteiger partial charge in [0.1, 0.15) is 18.3 Å². The molecule has 0 radical (unpaired) electrons. The van der Waals surface area contributed by atoms with E-state index < -0.39 is 30.1 Å². The first kappa shape index (κ1) is 19.9. The summed E-state index contributed by atoms with van der Waals surface area (Å²) in [5.41, 5.74) is 6.45. The second kappa shape index (κ2) is 8.79. The van der Waals surface area contributed by atoms with Crippen LogP contribution in [-0.2, 0) is 16.0 Å². The van der Waals surface area contributed by atoms with E-state index >= 15 is 0 Å². The van der Waals surface area contributed by atoms with Gasteiger partial charge in [0, 0.05) is 11.4 Å². The van der Waals surface area contributed by atoms with Gasteiger partial charge in [0.05, 0.1) is 13.2 Å². The Morgan fingerprint density at radius 2 is 2.04 bits per heavy atom. The topological polar surface area (TPSA) is 128 Å². The fourth-order valence-corrected chi connectivity index (χ4v) is 2.30. The zero-order chi connectivity index (χ0) is 19.3. The van der Waals surface area contributed by atoms with Crippen molar-refractivity contribution >= 4 is 23.5 Å². The molecule has 3 atom stereocenters. The minimum Gasteiger partial charge on any atom is -0.467 e. The number of benzene rings is 1. The zero-order valence-electron chi connectivity index (χ0n) is 14.3. The smallest absolute Gasteiger partial charge is 0.328 e. The van der Waals surface area contributed by atoms with Gasteiger partial charge in [-0.3, -0.25) is 4.79 Å². The van der Waals surface area contributed by atoms with Crippen LogP contribution in [0.3, 0.4) is 0 Å². The van der Waals surface area contributed by atoms with Crippen molar-refractivity contribution in [2.24, 2.45) is 5.73 Å². The third-order valence-electron chi connectivity index (χ3n) is 3.70. The van der Waals surface area contributed by atoms with Gasteiger partial charge in [-0.05, 0) is 24.6 Å². The molecule has 0 saturated carbocycles. The summed E-state index contributed by atoms with van der Waals surface area (Å²) >= 11 is 5.84. The monoisotopic (exact) mass is 381 g/mol. The Labute approximate surface area is 155 Å². The maximum atomic E-state index is 12.4. The van der Waals surface area contributed by atoms with E-state index in [1.54, 1.807) is 24.3 Å². The molecule has 3 unspecified atom stereocenters. The molecular weight excluding hydrogens is 362 g/mol. The molecule has 0 aliphatic rings. The summed E-state index contributed by atoms with van der Waals surface area (Å²) in [4.78, 5) is 28.3. The van der Waals surface area contributed by atoms with Gasteiger partial charge in [-0.1, -0.05) is 23.7 Å². The number of nitrogens with two attached hydrogens (primary N) is 1. The van der Waals surface area contributed by atoms with Crippen LogP contribution in [0.2, 0.25) is 5.02 Å². The van der Waals surface area contributed by atoms with Crippen molar-refractivity contribution in [2.45, 2.75) is 31.5 Å². The third-order valence-corrected chi connectivity index (χ3v) is 3.96. The number of nitrogens with one attached hydrogen (secondary N) is 1. The minimum absolute atomic E-state index is 0.0254. The molecule has 2 aromatic rings. The van der Waals surface area contributed by atoms with E-state index in [0.29, 0.717) is 5.02 Å². The van der Waals surface area contributed by atoms with Gasteiger partial charge in [0.15, 0.2) is 5.69 Å². The highest BCUT2D eigenvalue weighted by Crippen LogP contribution is 2.15. The molecule has 1 amide bonds. The first-order chi connectivity index (χ1) is 12.3. The quantitative estimate of drug-likeness (QED) is 0.615. The molecular formula is C17H20ClN3O5. The lowest BCUT2D eigenvalue weighted by Gasteiger charge is -2.16. The number of hydrogen-bond acceptors (Lipinski definition) is 7. The Bertz CT molecular complexity index is 760. The maximum Gasteiger partial charge on any atom is 0.328 e. The molecule has 140 valence electrons. The van der Waals surface area contributed by atoms with Gasteiger partial charge >= 0.3 is 5.97 Å². The van der Waals surface area contributed by atoms with Crippen molar-refractivity contribution in [3.8, 4) is 0 Å². The Hall–Kier alpha value is -2.42. The van der Waals surface area contributed by atoms with E-state index in [1.807, 2.05) is 0 Å². The number of nitrogens with zero attached hydrogens (tertiary/aromatic N) is 1. The number of aliphatic hydroxyl groups excluding tert-OH is 1. The first-order valence-electron chi connectivity index (χ1n) is 7.84. The number of methoxy groups -OCH3 is 1. The lowest BCUT2D eigenvalue weighted by atomic mass is 10.1. The zero-order valence-corrected chi connectivity index (χ0v) is 15.1. The van der Waals surface area contributed by atoms with Crippen molar-refractivity contribution < 1.29 is 23.8 Å². The number of amides is 1. The normalized spacial score (nSPS) is 14.3. The van der Waals surface area contributed by atoms with Gasteiger partial charge in [-0.2, -0.15) is 0 Å². The van der Waals surface area contributed by atoms with E-state index in [1.165, 1.54) is 14.0 Å². The van der Waals surface area contributed by atoms with E-state index in [4.69, 9.17) is 26.5 Å². The van der Waals surface area contributed by atoms with Gasteiger partial charge in [0.25, 0.3) is 5.91 Å². The van der Waals surface area contributed by atoms with Crippen molar-refractivity contribution in [3.05, 3.63) is 52.7 Å². The molecule has 4 N–H and O–H groups in total. The minimum atomic E-state index is -0.917. The number of hydrogen-bond donors (Lipinski definition) is 3. The SMILES string of the molecule is COC(=O)C(Cc1ccc(Cl)cc1)NC(=O)c1coc(C(N)C(C)O)n1. The van der Waals surface area contributed by atoms with E-state index in [-0.39, 0.29) is 18.0 Å². The lowest BCUT2D eigenvalue weighted by Crippen LogP contribution is -2.43. The van der Waals surface area contributed by atoms with Crippen LogP contribution in [0.4, 0.5) is 0 Å². The Morgan fingerprint density at radius 1 is 1.38 bits per heavy atom. The molecule has 0 saturated heterocycles. The number of carbonyl (C=O) groups is 2. The average Bonchev–Trinajstić information content (AvgIpc) is 3.11. The summed E-state index contributed by atoms with van der Waals surface area (Å²) in [7, 11) is 1.24. The maximum absolute atomic E-state index is 12.4. The van der Waals surface area contributed by atoms with Gasteiger partial charge in [0.2, 0.25) is 5.89 Å². The highest BCUT2D eigenvalue weighted by molar-refractivity contribution is 6.30. The molecule has 1 aromatic heterocycles. The highest BCUT2D eigenvalue weighted by Gasteiger charge is 2.25. The molecule has 0 fully saturated rings. The Kier molecular flexibility index (Phi) is 6.73. The van der Waals surface area contributed by atoms with Crippen LogP contribution < -0.4 is 11.1 Å². The molecule has 1 heterocycles. The summed E-state index contributed by atoms with van der Waals surface area (Å²) in [6.45, 7) is 1.48. The van der Waals surface area contributed by atoms with Crippen LogP contribution >= 0.6 is 11.6 Å². The number of ether oxygens (including phenoxy) is 1. The number of carbonyl (C=O) groups excluding carboxylic acids is 2. The van der Waals surface area contributed by atoms with Gasteiger partial charge in [-0.25, -0.2) is 9.78 Å². The second-order valence-electron chi connectivity index (χ2n) is 5.72. The number of aromatic nitrogens is 1. The standard InChI is InChI=1S/C17H20ClN3O5/c1-9(22)14(19)16-21-13(8-26-16)15(23)20-12(17(24)25-2)7-10-3-5-11(18)6-4-10/h3-6,8-9,12,14,22H,7,19H2,1-2H3,(H,20,23). The van der Waals surface area contributed by atoms with E-state index in [9.17, 15) is 14.7 Å². The molecule has 1 aromatic carbocycles. The largest absolute Gasteiger partial charge is 0.467 e. The molecule has 0 aliphatic heterocycles. The summed E-state index contributed by atoms with van der Waals surface area (Å²) in [5.74, 6) is -1.20. The molecule has 0 bridgehead atoms. The van der Waals surface area contributed by atoms with Gasteiger partial charge < -0.3 is 25.3 Å². The summed E-state index contributed by atoms with van der Waals surface area (Å²) in [6, 6.07) is 5.10. The lowest BCUT2D eigenvalue weighted by molar-refractivity contribution is -0.142. The van der Waals surface area contributed by atoms with Crippen LogP contribution in [0.1, 0.15) is 34.9 Å². The predicted molar refractivity (Wildman–Crippen MR) is 93.5 cm³/mol. The fourth-order valence-electron chi connectivity index (χ4n) is 2.18. The molecule has 0 spiro atoms. The van der Waals surface area contributed by atoms with Gasteiger partial charge in [-0.15, -0.1) is 0 Å². The molecule has 9 heteroatoms. The highest BCUT2D eigenvalue weighted by atomic mass is 35.5. The predicted octanol–water partition coefficient (Wildman–Crippen LogP) is 1.22. The van der Waals surface area contributed by atoms with Crippen LogP contribution in [-0.4, -0.2) is 41.2 Å². The summed E-state index contributed by atoms with van der Waals surface area (Å²) in [5, 5.41) is 12.6. The number of rotatable bonds is 7. The first-order valence-corrected chi connectivity index (χ1v) is 8.21. The second-order valence-corrected chi connectivity index (χ2v) is 6.15. The number of halogens is 1. The van der Waals surface area contributed by atoms with E-state index in [0.717, 1.165) is 11.8 Å². The summed E-state index contributed by atoms with van der Waals surface area (Å²) < 4.78 is 9.86. The van der Waals surface area contributed by atoms with Crippen LogP contribution in [0.15, 0.2) is 34.9 Å². The number of oxazole rings is 1. The van der Waals surface area contributed by atoms with Crippen molar-refractivity contribution in [1.29, 1.82) is 0 Å². The van der Waals surface area contributed by atoms with Crippen molar-refractivity contribution in [3.63, 3.8) is 0 Å². The van der Waals surface area contributed by atoms with Crippen LogP contribution in [0, 0.1) is 0 Å². The fraction of sp³-hybridized carbons (Fsp3) is 0.353. The molecule has 26 heavy (non-hydrogen) atoms. The van der Waals surface area contributed by atoms with Crippen LogP contribution in [0.5, 0.6) is 0 Å². The molecule has 8 nitrogen and oxygen atoms in total. The van der Waals surface area contributed by atoms with Crippen molar-refractivity contribution in [1.82, 2.24) is 10.3 Å². The molecule has 2 rings (SSSR count). The van der Waals surface area contributed by atoms with Crippen molar-refractivity contribution in [2.75, 3.05) is 7.11 Å². The third kappa shape index (κ3) is 5.04. The Balaban J connectivity index is 2.11. The summed E-state index contributed by atoms with van der Waals surface area (Å²) in [6.07, 6.45) is 0.439. The molecule has 0 aliphatic carbocycles. The van der Waals surface area contributed by atoms with Crippen LogP contribution in [0.25, 0.3) is 0 Å². The number of esters is 1. The Morgan fingerprint density at radius 3 is 2.62 bits per heavy atom. The number of aliphatic hydroxyl groups is 1.